The predicted octanol–water partition coefficient (Wildman–Crippen LogP) is 3.68. The minimum absolute atomic E-state index is 0.0502. The highest BCUT2D eigenvalue weighted by molar-refractivity contribution is 7.89. The first-order chi connectivity index (χ1) is 12.3. The summed E-state index contributed by atoms with van der Waals surface area (Å²) in [6.07, 6.45) is 5.04. The Kier molecular flexibility index (Phi) is 5.63. The van der Waals surface area contributed by atoms with Gasteiger partial charge in [-0.1, -0.05) is 18.2 Å². The Hall–Kier alpha value is -1.92. The van der Waals surface area contributed by atoms with E-state index in [9.17, 15) is 8.42 Å². The van der Waals surface area contributed by atoms with Gasteiger partial charge >= 0.3 is 0 Å². The van der Waals surface area contributed by atoms with E-state index in [4.69, 9.17) is 4.74 Å². The number of hydrogen-bond acceptors (Lipinski definition) is 4. The van der Waals surface area contributed by atoms with E-state index < -0.39 is 10.0 Å². The Morgan fingerprint density at radius 2 is 1.69 bits per heavy atom. The lowest BCUT2D eigenvalue weighted by atomic mass is 9.94. The average molecular weight is 375 g/mol. The molecule has 5 nitrogen and oxygen atoms in total. The van der Waals surface area contributed by atoms with Gasteiger partial charge in [0.25, 0.3) is 0 Å². The van der Waals surface area contributed by atoms with E-state index >= 15 is 0 Å². The molecule has 2 aromatic rings. The van der Waals surface area contributed by atoms with Crippen LogP contribution in [-0.2, 0) is 10.0 Å². The maximum Gasteiger partial charge on any atom is 0.241 e. The van der Waals surface area contributed by atoms with Crippen molar-refractivity contribution in [1.82, 2.24) is 9.71 Å². The number of benzene rings is 1. The van der Waals surface area contributed by atoms with E-state index in [1.807, 2.05) is 45.0 Å². The third-order valence-electron chi connectivity index (χ3n) is 4.80. The Balaban J connectivity index is 1.58. The Morgan fingerprint density at radius 1 is 1.00 bits per heavy atom. The summed E-state index contributed by atoms with van der Waals surface area (Å²) in [5, 5.41) is 0. The molecule has 1 saturated carbocycles. The van der Waals surface area contributed by atoms with Crippen LogP contribution in [-0.4, -0.2) is 25.5 Å². The highest BCUT2D eigenvalue weighted by Crippen LogP contribution is 2.25. The van der Waals surface area contributed by atoms with Gasteiger partial charge in [0.05, 0.1) is 4.90 Å². The van der Waals surface area contributed by atoms with Crippen LogP contribution >= 0.6 is 0 Å². The molecule has 1 aliphatic carbocycles. The van der Waals surface area contributed by atoms with Gasteiger partial charge in [-0.05, 0) is 69.2 Å². The van der Waals surface area contributed by atoms with Crippen LogP contribution in [0.5, 0.6) is 5.88 Å². The van der Waals surface area contributed by atoms with E-state index in [0.717, 1.165) is 42.4 Å². The molecule has 0 spiro atoms. The molecule has 26 heavy (non-hydrogen) atoms. The number of ether oxygens (including phenoxy) is 1. The van der Waals surface area contributed by atoms with Crippen LogP contribution in [0.3, 0.4) is 0 Å². The second-order valence-electron chi connectivity index (χ2n) is 7.16. The predicted molar refractivity (Wildman–Crippen MR) is 102 cm³/mol. The molecule has 3 rings (SSSR count). The summed E-state index contributed by atoms with van der Waals surface area (Å²) in [7, 11) is -3.50. The molecule has 0 unspecified atom stereocenters. The molecule has 0 saturated heterocycles. The SMILES string of the molecule is Cc1ccc(OC2CCC(NS(=O)(=O)c3cc(C)ccc3C)CC2)nc1. The third kappa shape index (κ3) is 4.62. The highest BCUT2D eigenvalue weighted by atomic mass is 32.2. The van der Waals surface area contributed by atoms with E-state index in [2.05, 4.69) is 9.71 Å². The zero-order valence-electron chi connectivity index (χ0n) is 15.5. The monoisotopic (exact) mass is 374 g/mol. The Morgan fingerprint density at radius 3 is 2.35 bits per heavy atom. The van der Waals surface area contributed by atoms with E-state index in [1.54, 1.807) is 12.3 Å². The number of aromatic nitrogens is 1. The van der Waals surface area contributed by atoms with Crippen molar-refractivity contribution in [3.63, 3.8) is 0 Å². The van der Waals surface area contributed by atoms with Gasteiger partial charge in [0.2, 0.25) is 15.9 Å². The van der Waals surface area contributed by atoms with Gasteiger partial charge in [0.15, 0.2) is 0 Å². The average Bonchev–Trinajstić information content (AvgIpc) is 2.60. The van der Waals surface area contributed by atoms with Crippen molar-refractivity contribution in [2.75, 3.05) is 0 Å². The summed E-state index contributed by atoms with van der Waals surface area (Å²) in [6.45, 7) is 5.72. The first-order valence-corrected chi connectivity index (χ1v) is 10.5. The van der Waals surface area contributed by atoms with Crippen LogP contribution in [0, 0.1) is 20.8 Å². The van der Waals surface area contributed by atoms with Crippen LogP contribution in [0.1, 0.15) is 42.4 Å². The third-order valence-corrected chi connectivity index (χ3v) is 6.46. The number of rotatable bonds is 5. The summed E-state index contributed by atoms with van der Waals surface area (Å²) in [5.41, 5.74) is 2.81. The van der Waals surface area contributed by atoms with Gasteiger partial charge in [-0.15, -0.1) is 0 Å². The molecule has 6 heteroatoms. The van der Waals surface area contributed by atoms with Crippen molar-refractivity contribution >= 4 is 10.0 Å². The molecule has 0 aliphatic heterocycles. The zero-order valence-corrected chi connectivity index (χ0v) is 16.3. The van der Waals surface area contributed by atoms with Crippen molar-refractivity contribution in [3.05, 3.63) is 53.2 Å². The summed E-state index contributed by atoms with van der Waals surface area (Å²) >= 11 is 0. The molecule has 0 bridgehead atoms. The minimum Gasteiger partial charge on any atom is -0.474 e. The largest absolute Gasteiger partial charge is 0.474 e. The molecular weight excluding hydrogens is 348 g/mol. The Labute approximate surface area is 155 Å². The normalized spacial score (nSPS) is 20.7. The van der Waals surface area contributed by atoms with Crippen molar-refractivity contribution in [1.29, 1.82) is 0 Å². The Bertz CT molecular complexity index is 855. The summed E-state index contributed by atoms with van der Waals surface area (Å²) in [4.78, 5) is 4.65. The standard InChI is InChI=1S/C20H26N2O3S/c1-14-4-6-16(3)19(12-14)26(23,24)22-17-7-9-18(10-8-17)25-20-11-5-15(2)13-21-20/h4-6,11-13,17-18,22H,7-10H2,1-3H3. The fourth-order valence-corrected chi connectivity index (χ4v) is 4.91. The van der Waals surface area contributed by atoms with E-state index in [-0.39, 0.29) is 12.1 Å². The molecule has 1 fully saturated rings. The summed E-state index contributed by atoms with van der Waals surface area (Å²) in [6, 6.07) is 9.32. The molecule has 140 valence electrons. The van der Waals surface area contributed by atoms with Crippen molar-refractivity contribution in [3.8, 4) is 5.88 Å². The number of aryl methyl sites for hydroxylation is 3. The first kappa shape index (κ1) is 18.9. The van der Waals surface area contributed by atoms with Crippen LogP contribution in [0.25, 0.3) is 0 Å². The van der Waals surface area contributed by atoms with Crippen LogP contribution < -0.4 is 9.46 Å². The fourth-order valence-electron chi connectivity index (χ4n) is 3.27. The van der Waals surface area contributed by atoms with Gasteiger partial charge in [0, 0.05) is 18.3 Å². The maximum absolute atomic E-state index is 12.7. The highest BCUT2D eigenvalue weighted by Gasteiger charge is 2.27. The lowest BCUT2D eigenvalue weighted by molar-refractivity contribution is 0.138. The molecule has 1 aromatic heterocycles. The molecule has 1 aromatic carbocycles. The lowest BCUT2D eigenvalue weighted by Crippen LogP contribution is -2.39. The van der Waals surface area contributed by atoms with E-state index in [0.29, 0.717) is 10.8 Å². The first-order valence-electron chi connectivity index (χ1n) is 9.02. The minimum atomic E-state index is -3.50. The summed E-state index contributed by atoms with van der Waals surface area (Å²) in [5.74, 6) is 0.634. The van der Waals surface area contributed by atoms with Crippen molar-refractivity contribution in [2.45, 2.75) is 63.5 Å². The zero-order chi connectivity index (χ0) is 18.7. The maximum atomic E-state index is 12.7. The van der Waals surface area contributed by atoms with Gasteiger partial charge < -0.3 is 4.74 Å². The quantitative estimate of drug-likeness (QED) is 0.867. The lowest BCUT2D eigenvalue weighted by Gasteiger charge is -2.29. The molecule has 1 aliphatic rings. The molecule has 0 radical (unpaired) electrons. The number of pyridine rings is 1. The second kappa shape index (κ2) is 7.76. The second-order valence-corrected chi connectivity index (χ2v) is 8.84. The van der Waals surface area contributed by atoms with Gasteiger partial charge in [-0.3, -0.25) is 0 Å². The summed E-state index contributed by atoms with van der Waals surface area (Å²) < 4.78 is 34.2. The number of sulfonamides is 1. The van der Waals surface area contributed by atoms with Gasteiger partial charge in [0.1, 0.15) is 6.10 Å². The fraction of sp³-hybridized carbons (Fsp3) is 0.450. The molecule has 1 N–H and O–H groups in total. The molecule has 1 heterocycles. The number of nitrogens with one attached hydrogen (secondary N) is 1. The number of hydrogen-bond donors (Lipinski definition) is 1. The number of nitrogens with zero attached hydrogens (tertiary/aromatic N) is 1. The van der Waals surface area contributed by atoms with Crippen molar-refractivity contribution in [2.24, 2.45) is 0 Å². The van der Waals surface area contributed by atoms with Gasteiger partial charge in [-0.2, -0.15) is 0 Å². The van der Waals surface area contributed by atoms with E-state index in [1.165, 1.54) is 0 Å². The molecule has 0 atom stereocenters. The topological polar surface area (TPSA) is 68.3 Å². The molecular formula is C20H26N2O3S. The smallest absolute Gasteiger partial charge is 0.241 e. The van der Waals surface area contributed by atoms with Crippen LogP contribution in [0.15, 0.2) is 41.4 Å². The van der Waals surface area contributed by atoms with Crippen LogP contribution in [0.4, 0.5) is 0 Å². The van der Waals surface area contributed by atoms with Crippen LogP contribution in [0.2, 0.25) is 0 Å². The van der Waals surface area contributed by atoms with Gasteiger partial charge in [-0.25, -0.2) is 18.1 Å². The molecule has 0 amide bonds. The van der Waals surface area contributed by atoms with Crippen molar-refractivity contribution < 1.29 is 13.2 Å².